The lowest BCUT2D eigenvalue weighted by Crippen LogP contribution is -2.16. The molecule has 0 radical (unpaired) electrons. The molecule has 1 aromatic rings. The van der Waals surface area contributed by atoms with E-state index in [0.717, 1.165) is 37.6 Å². The summed E-state index contributed by atoms with van der Waals surface area (Å²) in [5.41, 5.74) is 1.17. The fraction of sp³-hybridized carbons (Fsp3) is 0.647. The molecule has 0 aliphatic carbocycles. The average molecular weight is 279 g/mol. The standard InChI is InChI=1S/C17H29NO2/c1-5-8-14(3)13-20-17-15(12-18-11-6-2)9-7-10-16(17)19-4/h7,9-10,14,18H,5-6,8,11-13H2,1-4H3. The van der Waals surface area contributed by atoms with Gasteiger partial charge in [0.15, 0.2) is 11.5 Å². The zero-order valence-electron chi connectivity index (χ0n) is 13.4. The predicted octanol–water partition coefficient (Wildman–Crippen LogP) is 4.01. The summed E-state index contributed by atoms with van der Waals surface area (Å²) in [6.45, 7) is 9.19. The first kappa shape index (κ1) is 16.8. The first-order valence-electron chi connectivity index (χ1n) is 7.72. The normalized spacial score (nSPS) is 12.2. The van der Waals surface area contributed by atoms with E-state index in [0.29, 0.717) is 5.92 Å². The van der Waals surface area contributed by atoms with E-state index in [1.54, 1.807) is 7.11 Å². The van der Waals surface area contributed by atoms with Crippen LogP contribution in [0.15, 0.2) is 18.2 Å². The predicted molar refractivity (Wildman–Crippen MR) is 84.6 cm³/mol. The van der Waals surface area contributed by atoms with E-state index in [2.05, 4.69) is 32.2 Å². The van der Waals surface area contributed by atoms with Crippen LogP contribution in [0.3, 0.4) is 0 Å². The molecule has 0 saturated heterocycles. The molecule has 0 bridgehead atoms. The van der Waals surface area contributed by atoms with E-state index < -0.39 is 0 Å². The molecule has 1 aromatic carbocycles. The van der Waals surface area contributed by atoms with Crippen LogP contribution in [0.2, 0.25) is 0 Å². The Balaban J connectivity index is 2.73. The Hall–Kier alpha value is -1.22. The van der Waals surface area contributed by atoms with Gasteiger partial charge in [-0.25, -0.2) is 0 Å². The molecule has 0 amide bonds. The van der Waals surface area contributed by atoms with Crippen LogP contribution in [0, 0.1) is 5.92 Å². The van der Waals surface area contributed by atoms with Crippen molar-refractivity contribution in [3.8, 4) is 11.5 Å². The summed E-state index contributed by atoms with van der Waals surface area (Å²) in [7, 11) is 1.70. The Morgan fingerprint density at radius 2 is 2.00 bits per heavy atom. The van der Waals surface area contributed by atoms with Crippen LogP contribution >= 0.6 is 0 Å². The lowest BCUT2D eigenvalue weighted by Gasteiger charge is -2.18. The molecule has 1 N–H and O–H groups in total. The van der Waals surface area contributed by atoms with Gasteiger partial charge in [-0.3, -0.25) is 0 Å². The van der Waals surface area contributed by atoms with Crippen molar-refractivity contribution in [3.05, 3.63) is 23.8 Å². The van der Waals surface area contributed by atoms with Crippen LogP contribution in [0.25, 0.3) is 0 Å². The van der Waals surface area contributed by atoms with Gasteiger partial charge < -0.3 is 14.8 Å². The molecule has 3 nitrogen and oxygen atoms in total. The molecular weight excluding hydrogens is 250 g/mol. The van der Waals surface area contributed by atoms with E-state index in [-0.39, 0.29) is 0 Å². The quantitative estimate of drug-likeness (QED) is 0.656. The van der Waals surface area contributed by atoms with Crippen LogP contribution in [-0.4, -0.2) is 20.3 Å². The molecular formula is C17H29NO2. The van der Waals surface area contributed by atoms with Crippen molar-refractivity contribution in [2.75, 3.05) is 20.3 Å². The highest BCUT2D eigenvalue weighted by Gasteiger charge is 2.12. The molecule has 0 aliphatic heterocycles. The molecule has 0 aliphatic rings. The van der Waals surface area contributed by atoms with Gasteiger partial charge in [-0.15, -0.1) is 0 Å². The van der Waals surface area contributed by atoms with E-state index in [9.17, 15) is 0 Å². The van der Waals surface area contributed by atoms with Crippen molar-refractivity contribution in [2.24, 2.45) is 5.92 Å². The van der Waals surface area contributed by atoms with E-state index in [1.807, 2.05) is 12.1 Å². The number of ether oxygens (including phenoxy) is 2. The van der Waals surface area contributed by atoms with Gasteiger partial charge in [0.1, 0.15) is 0 Å². The maximum Gasteiger partial charge on any atom is 0.165 e. The maximum absolute atomic E-state index is 6.04. The molecule has 0 saturated carbocycles. The van der Waals surface area contributed by atoms with Gasteiger partial charge in [-0.2, -0.15) is 0 Å². The maximum atomic E-state index is 6.04. The fourth-order valence-corrected chi connectivity index (χ4v) is 2.23. The number of rotatable bonds is 10. The Kier molecular flexibility index (Phi) is 8.12. The van der Waals surface area contributed by atoms with Gasteiger partial charge in [0.05, 0.1) is 13.7 Å². The van der Waals surface area contributed by atoms with Crippen molar-refractivity contribution in [3.63, 3.8) is 0 Å². The first-order valence-corrected chi connectivity index (χ1v) is 7.72. The third-order valence-corrected chi connectivity index (χ3v) is 3.32. The molecule has 20 heavy (non-hydrogen) atoms. The number of methoxy groups -OCH3 is 1. The van der Waals surface area contributed by atoms with Crippen LogP contribution in [-0.2, 0) is 6.54 Å². The monoisotopic (exact) mass is 279 g/mol. The Morgan fingerprint density at radius 3 is 2.65 bits per heavy atom. The average Bonchev–Trinajstić information content (AvgIpc) is 2.46. The summed E-state index contributed by atoms with van der Waals surface area (Å²) >= 11 is 0. The second-order valence-corrected chi connectivity index (χ2v) is 5.33. The highest BCUT2D eigenvalue weighted by atomic mass is 16.5. The molecule has 0 heterocycles. The highest BCUT2D eigenvalue weighted by molar-refractivity contribution is 5.46. The lowest BCUT2D eigenvalue weighted by atomic mass is 10.1. The molecule has 1 atom stereocenters. The van der Waals surface area contributed by atoms with Gasteiger partial charge in [-0.05, 0) is 31.4 Å². The summed E-state index contributed by atoms with van der Waals surface area (Å²) in [5.74, 6) is 2.28. The largest absolute Gasteiger partial charge is 0.493 e. The third kappa shape index (κ3) is 5.41. The summed E-state index contributed by atoms with van der Waals surface area (Å²) in [6, 6.07) is 6.08. The minimum Gasteiger partial charge on any atom is -0.493 e. The number of para-hydroxylation sites is 1. The number of hydrogen-bond donors (Lipinski definition) is 1. The third-order valence-electron chi connectivity index (χ3n) is 3.32. The van der Waals surface area contributed by atoms with Crippen molar-refractivity contribution >= 4 is 0 Å². The van der Waals surface area contributed by atoms with E-state index in [4.69, 9.17) is 9.47 Å². The summed E-state index contributed by atoms with van der Waals surface area (Å²) in [6.07, 6.45) is 3.52. The van der Waals surface area contributed by atoms with Gasteiger partial charge in [0.2, 0.25) is 0 Å². The van der Waals surface area contributed by atoms with Crippen molar-refractivity contribution < 1.29 is 9.47 Å². The van der Waals surface area contributed by atoms with Gasteiger partial charge in [0.25, 0.3) is 0 Å². The Bertz CT molecular complexity index is 379. The van der Waals surface area contributed by atoms with E-state index >= 15 is 0 Å². The molecule has 0 aromatic heterocycles. The second kappa shape index (κ2) is 9.65. The van der Waals surface area contributed by atoms with Crippen molar-refractivity contribution in [1.82, 2.24) is 5.32 Å². The zero-order valence-corrected chi connectivity index (χ0v) is 13.4. The number of benzene rings is 1. The summed E-state index contributed by atoms with van der Waals surface area (Å²) in [5, 5.41) is 3.42. The smallest absolute Gasteiger partial charge is 0.165 e. The van der Waals surface area contributed by atoms with Crippen molar-refractivity contribution in [1.29, 1.82) is 0 Å². The zero-order chi connectivity index (χ0) is 14.8. The number of nitrogens with one attached hydrogen (secondary N) is 1. The minimum atomic E-state index is 0.571. The SMILES string of the molecule is CCCNCc1cccc(OC)c1OCC(C)CCC. The van der Waals surface area contributed by atoms with Crippen LogP contribution in [0.4, 0.5) is 0 Å². The molecule has 0 spiro atoms. The van der Waals surface area contributed by atoms with Gasteiger partial charge in [0, 0.05) is 12.1 Å². The minimum absolute atomic E-state index is 0.571. The molecule has 3 heteroatoms. The fourth-order valence-electron chi connectivity index (χ4n) is 2.23. The van der Waals surface area contributed by atoms with Crippen LogP contribution in [0.5, 0.6) is 11.5 Å². The summed E-state index contributed by atoms with van der Waals surface area (Å²) in [4.78, 5) is 0. The lowest BCUT2D eigenvalue weighted by molar-refractivity contribution is 0.237. The van der Waals surface area contributed by atoms with Gasteiger partial charge in [-0.1, -0.05) is 39.3 Å². The topological polar surface area (TPSA) is 30.5 Å². The molecule has 114 valence electrons. The molecule has 1 rings (SSSR count). The molecule has 1 unspecified atom stereocenters. The van der Waals surface area contributed by atoms with E-state index in [1.165, 1.54) is 18.4 Å². The number of hydrogen-bond acceptors (Lipinski definition) is 3. The molecule has 0 fully saturated rings. The Labute approximate surface area is 123 Å². The highest BCUT2D eigenvalue weighted by Crippen LogP contribution is 2.31. The van der Waals surface area contributed by atoms with Crippen molar-refractivity contribution in [2.45, 2.75) is 46.6 Å². The van der Waals surface area contributed by atoms with Crippen LogP contribution in [0.1, 0.15) is 45.6 Å². The summed E-state index contributed by atoms with van der Waals surface area (Å²) < 4.78 is 11.5. The first-order chi connectivity index (χ1) is 9.72. The second-order valence-electron chi connectivity index (χ2n) is 5.33. The Morgan fingerprint density at radius 1 is 1.20 bits per heavy atom. The van der Waals surface area contributed by atoms with Gasteiger partial charge >= 0.3 is 0 Å². The van der Waals surface area contributed by atoms with Crippen LogP contribution < -0.4 is 14.8 Å².